The largest absolute Gasteiger partial charge is 0.466 e. The highest BCUT2D eigenvalue weighted by Crippen LogP contribution is 2.23. The van der Waals surface area contributed by atoms with Gasteiger partial charge in [-0.25, -0.2) is 0 Å². The van der Waals surface area contributed by atoms with Crippen LogP contribution in [0.3, 0.4) is 0 Å². The molecule has 1 aromatic carbocycles. The number of ether oxygens (including phenoxy) is 1. The average molecular weight is 459 g/mol. The van der Waals surface area contributed by atoms with Crippen molar-refractivity contribution in [1.82, 2.24) is 10.2 Å². The molecule has 0 saturated carbocycles. The predicted molar refractivity (Wildman–Crippen MR) is 131 cm³/mol. The van der Waals surface area contributed by atoms with Gasteiger partial charge >= 0.3 is 5.97 Å². The van der Waals surface area contributed by atoms with Gasteiger partial charge in [-0.1, -0.05) is 84.8 Å². The maximum atomic E-state index is 13.1. The first kappa shape index (κ1) is 26.9. The van der Waals surface area contributed by atoms with E-state index in [0.29, 0.717) is 25.3 Å². The molecule has 2 rings (SSSR count). The van der Waals surface area contributed by atoms with Crippen LogP contribution in [0.15, 0.2) is 24.3 Å². The third-order valence-electron chi connectivity index (χ3n) is 6.21. The van der Waals surface area contributed by atoms with E-state index < -0.39 is 12.0 Å². The Labute approximate surface area is 199 Å². The number of carbonyl (C=O) groups excluding carboxylic acids is 3. The predicted octanol–water partition coefficient (Wildman–Crippen LogP) is 5.00. The van der Waals surface area contributed by atoms with Gasteiger partial charge in [-0.15, -0.1) is 0 Å². The molecule has 2 amide bonds. The maximum Gasteiger partial charge on any atom is 0.308 e. The van der Waals surface area contributed by atoms with Crippen LogP contribution in [0.2, 0.25) is 0 Å². The van der Waals surface area contributed by atoms with Gasteiger partial charge < -0.3 is 15.0 Å². The summed E-state index contributed by atoms with van der Waals surface area (Å²) in [5, 5.41) is 2.77. The molecular formula is C27H42N2O4. The number of piperazine rings is 1. The van der Waals surface area contributed by atoms with Gasteiger partial charge in [-0.3, -0.25) is 14.4 Å². The summed E-state index contributed by atoms with van der Waals surface area (Å²) in [6.07, 6.45) is 9.26. The first-order valence-electron chi connectivity index (χ1n) is 12.6. The molecule has 1 fully saturated rings. The lowest BCUT2D eigenvalue weighted by Gasteiger charge is -2.34. The molecule has 1 N–H and O–H groups in total. The number of carbonyl (C=O) groups is 3. The van der Waals surface area contributed by atoms with Gasteiger partial charge in [0.05, 0.1) is 13.0 Å². The van der Waals surface area contributed by atoms with Gasteiger partial charge in [0, 0.05) is 18.7 Å². The van der Waals surface area contributed by atoms with Crippen molar-refractivity contribution in [3.05, 3.63) is 35.4 Å². The molecule has 33 heavy (non-hydrogen) atoms. The van der Waals surface area contributed by atoms with E-state index in [0.717, 1.165) is 24.8 Å². The number of esters is 1. The average Bonchev–Trinajstić information content (AvgIpc) is 2.78. The lowest BCUT2D eigenvalue weighted by atomic mass is 9.86. The highest BCUT2D eigenvalue weighted by Gasteiger charge is 2.35. The second-order valence-corrected chi connectivity index (χ2v) is 10.0. The fraction of sp³-hybridized carbons (Fsp3) is 0.667. The summed E-state index contributed by atoms with van der Waals surface area (Å²) in [5.74, 6) is -0.961. The molecule has 6 nitrogen and oxygen atoms in total. The fourth-order valence-electron chi connectivity index (χ4n) is 4.08. The lowest BCUT2D eigenvalue weighted by Crippen LogP contribution is -2.57. The molecule has 0 radical (unpaired) electrons. The molecule has 0 spiro atoms. The number of amides is 2. The number of hydrogen-bond acceptors (Lipinski definition) is 4. The minimum Gasteiger partial charge on any atom is -0.466 e. The smallest absolute Gasteiger partial charge is 0.308 e. The first-order valence-corrected chi connectivity index (χ1v) is 12.6. The number of benzene rings is 1. The molecule has 0 aliphatic carbocycles. The van der Waals surface area contributed by atoms with E-state index in [2.05, 4.69) is 33.0 Å². The van der Waals surface area contributed by atoms with Gasteiger partial charge in [-0.05, 0) is 29.5 Å². The standard InChI is InChI=1S/C27H42N2O4/c1-5-6-7-8-9-10-11-12-19-33-24(30)20-23-25(31)28-17-18-29(23)26(32)21-13-15-22(16-14-21)27(2,3)4/h13-16,23H,5-12,17-20H2,1-4H3,(H,28,31). The van der Waals surface area contributed by atoms with Gasteiger partial charge in [-0.2, -0.15) is 0 Å². The zero-order chi connectivity index (χ0) is 24.3. The lowest BCUT2D eigenvalue weighted by molar-refractivity contribution is -0.147. The Balaban J connectivity index is 1.83. The Morgan fingerprint density at radius 1 is 1.00 bits per heavy atom. The highest BCUT2D eigenvalue weighted by molar-refractivity contribution is 5.99. The Morgan fingerprint density at radius 2 is 1.61 bits per heavy atom. The van der Waals surface area contributed by atoms with Crippen LogP contribution in [0, 0.1) is 0 Å². The molecule has 184 valence electrons. The molecule has 1 aliphatic heterocycles. The van der Waals surface area contributed by atoms with Crippen LogP contribution in [-0.2, 0) is 19.7 Å². The Kier molecular flexibility index (Phi) is 10.9. The first-order chi connectivity index (χ1) is 15.7. The monoisotopic (exact) mass is 458 g/mol. The van der Waals surface area contributed by atoms with E-state index in [1.807, 2.05) is 12.1 Å². The second-order valence-electron chi connectivity index (χ2n) is 10.0. The van der Waals surface area contributed by atoms with Crippen LogP contribution in [0.25, 0.3) is 0 Å². The molecule has 0 aromatic heterocycles. The van der Waals surface area contributed by atoms with E-state index in [-0.39, 0.29) is 23.7 Å². The maximum absolute atomic E-state index is 13.1. The van der Waals surface area contributed by atoms with Gasteiger partial charge in [0.1, 0.15) is 6.04 Å². The van der Waals surface area contributed by atoms with Crippen molar-refractivity contribution in [2.75, 3.05) is 19.7 Å². The van der Waals surface area contributed by atoms with E-state index in [1.165, 1.54) is 37.0 Å². The van der Waals surface area contributed by atoms with Crippen molar-refractivity contribution < 1.29 is 19.1 Å². The number of nitrogens with one attached hydrogen (secondary N) is 1. The normalized spacial score (nSPS) is 16.4. The Morgan fingerprint density at radius 3 is 2.21 bits per heavy atom. The van der Waals surface area contributed by atoms with Gasteiger partial charge in [0.25, 0.3) is 5.91 Å². The molecular weight excluding hydrogens is 416 g/mol. The van der Waals surface area contributed by atoms with Crippen LogP contribution >= 0.6 is 0 Å². The zero-order valence-corrected chi connectivity index (χ0v) is 21.0. The zero-order valence-electron chi connectivity index (χ0n) is 21.0. The highest BCUT2D eigenvalue weighted by atomic mass is 16.5. The van der Waals surface area contributed by atoms with Crippen LogP contribution in [-0.4, -0.2) is 48.4 Å². The van der Waals surface area contributed by atoms with Crippen molar-refractivity contribution in [2.24, 2.45) is 0 Å². The topological polar surface area (TPSA) is 75.7 Å². The van der Waals surface area contributed by atoms with Crippen molar-refractivity contribution in [1.29, 1.82) is 0 Å². The number of unbranched alkanes of at least 4 members (excludes halogenated alkanes) is 7. The van der Waals surface area contributed by atoms with Crippen molar-refractivity contribution in [3.8, 4) is 0 Å². The van der Waals surface area contributed by atoms with E-state index >= 15 is 0 Å². The molecule has 1 unspecified atom stereocenters. The third-order valence-corrected chi connectivity index (χ3v) is 6.21. The molecule has 6 heteroatoms. The van der Waals surface area contributed by atoms with Crippen molar-refractivity contribution >= 4 is 17.8 Å². The van der Waals surface area contributed by atoms with E-state index in [4.69, 9.17) is 4.74 Å². The van der Waals surface area contributed by atoms with Crippen molar-refractivity contribution in [2.45, 2.75) is 96.9 Å². The summed E-state index contributed by atoms with van der Waals surface area (Å²) in [5.41, 5.74) is 1.65. The SMILES string of the molecule is CCCCCCCCCCOC(=O)CC1C(=O)NCCN1C(=O)c1ccc(C(C)(C)C)cc1. The van der Waals surface area contributed by atoms with Crippen LogP contribution in [0.1, 0.15) is 101 Å². The molecule has 1 heterocycles. The molecule has 0 bridgehead atoms. The quantitative estimate of drug-likeness (QED) is 0.353. The van der Waals surface area contributed by atoms with Gasteiger partial charge in [0.15, 0.2) is 0 Å². The fourth-order valence-corrected chi connectivity index (χ4v) is 4.08. The van der Waals surface area contributed by atoms with Crippen molar-refractivity contribution in [3.63, 3.8) is 0 Å². The molecule has 1 aliphatic rings. The number of nitrogens with zero attached hydrogens (tertiary/aromatic N) is 1. The summed E-state index contributed by atoms with van der Waals surface area (Å²) >= 11 is 0. The Hall–Kier alpha value is -2.37. The summed E-state index contributed by atoms with van der Waals surface area (Å²) in [4.78, 5) is 39.5. The van der Waals surface area contributed by atoms with E-state index in [9.17, 15) is 14.4 Å². The number of hydrogen-bond donors (Lipinski definition) is 1. The second kappa shape index (κ2) is 13.4. The summed E-state index contributed by atoms with van der Waals surface area (Å²) in [6.45, 7) is 9.70. The molecule has 1 atom stereocenters. The van der Waals surface area contributed by atoms with E-state index in [1.54, 1.807) is 12.1 Å². The minimum absolute atomic E-state index is 0.00602. The number of rotatable bonds is 12. The van der Waals surface area contributed by atoms with Gasteiger partial charge in [0.2, 0.25) is 5.91 Å². The molecule has 1 saturated heterocycles. The summed E-state index contributed by atoms with van der Waals surface area (Å²) in [6, 6.07) is 6.66. The third kappa shape index (κ3) is 8.82. The summed E-state index contributed by atoms with van der Waals surface area (Å²) < 4.78 is 5.37. The minimum atomic E-state index is -0.834. The molecule has 1 aromatic rings. The van der Waals surface area contributed by atoms with Crippen LogP contribution in [0.5, 0.6) is 0 Å². The van der Waals surface area contributed by atoms with Crippen LogP contribution in [0.4, 0.5) is 0 Å². The summed E-state index contributed by atoms with van der Waals surface area (Å²) in [7, 11) is 0. The Bertz CT molecular complexity index is 767. The van der Waals surface area contributed by atoms with Crippen LogP contribution < -0.4 is 5.32 Å².